The number of alkyl halides is 9. The molecule has 0 aromatic carbocycles. The highest BCUT2D eigenvalue weighted by Crippen LogP contribution is 2.53. The molecular weight excluding hydrogens is 379 g/mol. The Morgan fingerprint density at radius 3 is 1.43 bits per heavy atom. The van der Waals surface area contributed by atoms with Gasteiger partial charge in [-0.25, -0.2) is 0 Å². The van der Waals surface area contributed by atoms with Crippen LogP contribution in [0.2, 0.25) is 0 Å². The van der Waals surface area contributed by atoms with E-state index in [1.807, 2.05) is 0 Å². The third kappa shape index (κ3) is 3.82. The topological polar surface area (TPSA) is 0 Å². The zero-order chi connectivity index (χ0) is 11.8. The fourth-order valence-electron chi connectivity index (χ4n) is 0.480. The summed E-state index contributed by atoms with van der Waals surface area (Å²) in [5.74, 6) is -0.271. The van der Waals surface area contributed by atoms with Gasteiger partial charge in [-0.3, -0.25) is 0 Å². The first kappa shape index (κ1) is 16.6. The van der Waals surface area contributed by atoms with Crippen molar-refractivity contribution in [3.8, 4) is 0 Å². The molecular formula is C5H3Cl9. The van der Waals surface area contributed by atoms with Crippen LogP contribution in [0.25, 0.3) is 0 Å². The summed E-state index contributed by atoms with van der Waals surface area (Å²) >= 11 is 50.7. The molecule has 0 aliphatic carbocycles. The summed E-state index contributed by atoms with van der Waals surface area (Å²) in [6.07, 6.45) is 0. The normalized spacial score (nSPS) is 16.9. The van der Waals surface area contributed by atoms with Crippen LogP contribution in [0.5, 0.6) is 0 Å². The van der Waals surface area contributed by atoms with E-state index in [4.69, 9.17) is 104 Å². The second-order valence-corrected chi connectivity index (χ2v) is 8.31. The van der Waals surface area contributed by atoms with Crippen molar-refractivity contribution >= 4 is 104 Å². The fraction of sp³-hybridized carbons (Fsp3) is 1.00. The molecule has 0 heterocycles. The molecule has 1 atom stereocenters. The van der Waals surface area contributed by atoms with E-state index in [2.05, 4.69) is 0 Å². The first-order chi connectivity index (χ1) is 5.97. The first-order valence-corrected chi connectivity index (χ1v) is 6.61. The van der Waals surface area contributed by atoms with Crippen molar-refractivity contribution in [3.05, 3.63) is 0 Å². The lowest BCUT2D eigenvalue weighted by atomic mass is 10.2. The highest BCUT2D eigenvalue weighted by molar-refractivity contribution is 6.73. The Labute approximate surface area is 127 Å². The van der Waals surface area contributed by atoms with Crippen LogP contribution in [0.15, 0.2) is 0 Å². The maximum atomic E-state index is 5.79. The van der Waals surface area contributed by atoms with Crippen molar-refractivity contribution in [3.63, 3.8) is 0 Å². The van der Waals surface area contributed by atoms with E-state index < -0.39 is 17.8 Å². The molecule has 0 rings (SSSR count). The van der Waals surface area contributed by atoms with Gasteiger partial charge in [0.2, 0.25) is 3.79 Å². The molecule has 0 amide bonds. The van der Waals surface area contributed by atoms with Gasteiger partial charge in [-0.1, -0.05) is 81.2 Å². The van der Waals surface area contributed by atoms with Crippen molar-refractivity contribution in [2.45, 2.75) is 17.8 Å². The Morgan fingerprint density at radius 2 is 1.21 bits per heavy atom. The number of halogens is 9. The van der Waals surface area contributed by atoms with Crippen molar-refractivity contribution < 1.29 is 0 Å². The van der Waals surface area contributed by atoms with Gasteiger partial charge >= 0.3 is 0 Å². The maximum absolute atomic E-state index is 5.79. The first-order valence-electron chi connectivity index (χ1n) is 2.99. The third-order valence-electron chi connectivity index (χ3n) is 1.26. The van der Waals surface area contributed by atoms with Crippen molar-refractivity contribution in [2.75, 3.05) is 5.88 Å². The van der Waals surface area contributed by atoms with Crippen LogP contribution >= 0.6 is 104 Å². The highest BCUT2D eigenvalue weighted by atomic mass is 35.6. The van der Waals surface area contributed by atoms with E-state index in [0.717, 1.165) is 0 Å². The predicted octanol–water partition coefficient (Wildman–Crippen LogP) is 5.55. The molecule has 0 aliphatic rings. The van der Waals surface area contributed by atoms with Crippen LogP contribution in [0.1, 0.15) is 0 Å². The lowest BCUT2D eigenvalue weighted by Crippen LogP contribution is -2.50. The van der Waals surface area contributed by atoms with Gasteiger partial charge in [-0.05, 0) is 0 Å². The van der Waals surface area contributed by atoms with Gasteiger partial charge in [0.25, 0.3) is 0 Å². The van der Waals surface area contributed by atoms with E-state index in [-0.39, 0.29) is 5.88 Å². The van der Waals surface area contributed by atoms with Crippen LogP contribution in [0, 0.1) is 0 Å². The Balaban J connectivity index is 4.96. The van der Waals surface area contributed by atoms with Crippen LogP contribution in [0.4, 0.5) is 0 Å². The standard InChI is InChI=1S/C5H3Cl9/c6-1-3(8,9)4(10,11)2(7)5(12,13)14/h2H,1H2. The second-order valence-electron chi connectivity index (χ2n) is 2.37. The van der Waals surface area contributed by atoms with Crippen molar-refractivity contribution in [1.29, 1.82) is 0 Å². The monoisotopic (exact) mass is 378 g/mol. The molecule has 0 saturated heterocycles. The zero-order valence-electron chi connectivity index (χ0n) is 6.19. The van der Waals surface area contributed by atoms with Crippen molar-refractivity contribution in [2.24, 2.45) is 0 Å². The molecule has 14 heavy (non-hydrogen) atoms. The molecule has 0 N–H and O–H groups in total. The molecule has 0 saturated carbocycles. The van der Waals surface area contributed by atoms with E-state index >= 15 is 0 Å². The molecule has 0 aromatic rings. The lowest BCUT2D eigenvalue weighted by molar-refractivity contribution is 0.660. The Kier molecular flexibility index (Phi) is 6.53. The van der Waals surface area contributed by atoms with Gasteiger partial charge in [-0.15, -0.1) is 23.2 Å². The summed E-state index contributed by atoms with van der Waals surface area (Å²) in [6.45, 7) is 0. The molecule has 0 bridgehead atoms. The summed E-state index contributed by atoms with van der Waals surface area (Å²) in [6, 6.07) is 0. The molecule has 0 fully saturated rings. The Hall–Kier alpha value is 2.61. The molecule has 9 heteroatoms. The Bertz CT molecular complexity index is 192. The number of hydrogen-bond donors (Lipinski definition) is 0. The Morgan fingerprint density at radius 1 is 0.857 bits per heavy atom. The minimum atomic E-state index is -1.91. The highest BCUT2D eigenvalue weighted by Gasteiger charge is 2.57. The molecule has 0 nitrogen and oxygen atoms in total. The van der Waals surface area contributed by atoms with Crippen LogP contribution in [-0.2, 0) is 0 Å². The summed E-state index contributed by atoms with van der Waals surface area (Å²) in [4.78, 5) is 0. The number of rotatable bonds is 3. The smallest absolute Gasteiger partial charge is 0.123 e. The van der Waals surface area contributed by atoms with Gasteiger partial charge in [0.1, 0.15) is 5.38 Å². The van der Waals surface area contributed by atoms with Gasteiger partial charge < -0.3 is 0 Å². The quantitative estimate of drug-likeness (QED) is 0.562. The van der Waals surface area contributed by atoms with Gasteiger partial charge in [-0.2, -0.15) is 0 Å². The number of hydrogen-bond acceptors (Lipinski definition) is 0. The largest absolute Gasteiger partial charge is 0.209 e. The third-order valence-corrected chi connectivity index (χ3v) is 6.14. The molecule has 1 unspecified atom stereocenters. The molecule has 0 aliphatic heterocycles. The van der Waals surface area contributed by atoms with E-state index in [9.17, 15) is 0 Å². The fourth-order valence-corrected chi connectivity index (χ4v) is 2.63. The maximum Gasteiger partial charge on any atom is 0.209 e. The second kappa shape index (κ2) is 5.50. The van der Waals surface area contributed by atoms with Crippen molar-refractivity contribution in [1.82, 2.24) is 0 Å². The average molecular weight is 382 g/mol. The average Bonchev–Trinajstić information content (AvgIpc) is 2.01. The van der Waals surface area contributed by atoms with E-state index in [0.29, 0.717) is 0 Å². The van der Waals surface area contributed by atoms with Crippen LogP contribution < -0.4 is 0 Å². The van der Waals surface area contributed by atoms with E-state index in [1.54, 1.807) is 0 Å². The minimum absolute atomic E-state index is 0.271. The van der Waals surface area contributed by atoms with Gasteiger partial charge in [0, 0.05) is 0 Å². The van der Waals surface area contributed by atoms with Crippen LogP contribution in [-0.4, -0.2) is 23.7 Å². The SMILES string of the molecule is ClCC(Cl)(Cl)C(Cl)(Cl)C(Cl)C(Cl)(Cl)Cl. The minimum Gasteiger partial charge on any atom is -0.123 e. The van der Waals surface area contributed by atoms with Gasteiger partial charge in [0.05, 0.1) is 5.88 Å². The summed E-state index contributed by atoms with van der Waals surface area (Å²) in [5, 5.41) is -1.32. The molecule has 0 spiro atoms. The summed E-state index contributed by atoms with van der Waals surface area (Å²) in [5.41, 5.74) is 0. The molecule has 0 aromatic heterocycles. The lowest BCUT2D eigenvalue weighted by Gasteiger charge is -2.37. The summed E-state index contributed by atoms with van der Waals surface area (Å²) < 4.78 is -5.54. The van der Waals surface area contributed by atoms with Gasteiger partial charge in [0.15, 0.2) is 8.67 Å². The molecule has 0 radical (unpaired) electrons. The molecule has 86 valence electrons. The summed E-state index contributed by atoms with van der Waals surface area (Å²) in [7, 11) is 0. The van der Waals surface area contributed by atoms with Crippen LogP contribution in [0.3, 0.4) is 0 Å². The van der Waals surface area contributed by atoms with E-state index in [1.165, 1.54) is 0 Å². The predicted molar refractivity (Wildman–Crippen MR) is 69.5 cm³/mol. The zero-order valence-corrected chi connectivity index (χ0v) is 13.0.